The summed E-state index contributed by atoms with van der Waals surface area (Å²) in [5, 5.41) is 6.82. The topological polar surface area (TPSA) is 148 Å². The Kier molecular flexibility index (Phi) is 14.0. The molecule has 1 N–H and O–H groups in total. The highest BCUT2D eigenvalue weighted by Crippen LogP contribution is 2.36. The average molecular weight is 825 g/mol. The summed E-state index contributed by atoms with van der Waals surface area (Å²) in [6, 6.07) is 3.25. The van der Waals surface area contributed by atoms with E-state index >= 15 is 0 Å². The van der Waals surface area contributed by atoms with E-state index in [4.69, 9.17) is 13.9 Å². The van der Waals surface area contributed by atoms with Gasteiger partial charge in [-0.1, -0.05) is 0 Å². The van der Waals surface area contributed by atoms with E-state index in [1.165, 1.54) is 23.6 Å². The number of piperidine rings is 1. The molecule has 59 heavy (non-hydrogen) atoms. The number of ether oxygens (including phenoxy) is 2. The summed E-state index contributed by atoms with van der Waals surface area (Å²) in [6.07, 6.45) is 10.4. The Balaban J connectivity index is 0.975. The first-order valence-corrected chi connectivity index (χ1v) is 21.2. The quantitative estimate of drug-likeness (QED) is 0.167. The van der Waals surface area contributed by atoms with Gasteiger partial charge in [0, 0.05) is 44.1 Å². The normalized spacial score (nSPS) is 19.3. The van der Waals surface area contributed by atoms with Crippen LogP contribution < -0.4 is 10.2 Å². The lowest BCUT2D eigenvalue weighted by Crippen LogP contribution is -2.41. The zero-order valence-corrected chi connectivity index (χ0v) is 35.7. The highest BCUT2D eigenvalue weighted by molar-refractivity contribution is 6.03. The predicted octanol–water partition coefficient (Wildman–Crippen LogP) is 9.36. The van der Waals surface area contributed by atoms with Crippen molar-refractivity contribution in [3.05, 3.63) is 42.2 Å². The van der Waals surface area contributed by atoms with Crippen LogP contribution in [-0.2, 0) is 9.47 Å². The number of amides is 3. The molecule has 2 aliphatic carbocycles. The van der Waals surface area contributed by atoms with Gasteiger partial charge in [-0.3, -0.25) is 14.4 Å². The molecule has 0 radical (unpaired) electrons. The Labute approximate surface area is 346 Å². The Morgan fingerprint density at radius 3 is 2.24 bits per heavy atom. The van der Waals surface area contributed by atoms with Crippen LogP contribution in [0.2, 0.25) is 0 Å². The fraction of sp³-hybridized carbons (Fsp3) is 0.674. The van der Waals surface area contributed by atoms with Crippen molar-refractivity contribution in [3.63, 3.8) is 0 Å². The van der Waals surface area contributed by atoms with Crippen molar-refractivity contribution in [3.8, 4) is 11.5 Å². The van der Waals surface area contributed by atoms with Crippen LogP contribution in [0.25, 0.3) is 11.5 Å². The third kappa shape index (κ3) is 12.7. The number of likely N-dealkylation sites (tertiary alicyclic amines) is 1. The first-order chi connectivity index (χ1) is 27.9. The molecule has 14 nitrogen and oxygen atoms in total. The van der Waals surface area contributed by atoms with Crippen LogP contribution in [0, 0.1) is 17.8 Å². The number of alkyl halides is 2. The van der Waals surface area contributed by atoms with Crippen molar-refractivity contribution in [2.45, 2.75) is 129 Å². The molecule has 1 aliphatic heterocycles. The molecule has 0 atom stereocenters. The SMILES string of the molecule is CN(CCCC1CCN(C(=O)OC(C)(C)C)CC1)CC1CCC(n2cc(NC(=O)c3coc(-c4ccnc(N(CC5CC5)C(=O)OC(C)(C)C)c4)n3)c(C(F)F)n2)CC1. The number of hydrogen-bond acceptors (Lipinski definition) is 10. The molecule has 3 aromatic rings. The van der Waals surface area contributed by atoms with Crippen LogP contribution in [0.3, 0.4) is 0 Å². The van der Waals surface area contributed by atoms with Gasteiger partial charge in [-0.2, -0.15) is 5.10 Å². The maximum atomic E-state index is 14.2. The molecule has 3 amide bonds. The minimum atomic E-state index is -2.89. The molecule has 0 unspecified atom stereocenters. The minimum Gasteiger partial charge on any atom is -0.444 e. The van der Waals surface area contributed by atoms with Crippen molar-refractivity contribution in [1.29, 1.82) is 0 Å². The van der Waals surface area contributed by atoms with E-state index in [0.717, 1.165) is 90.4 Å². The predicted molar refractivity (Wildman–Crippen MR) is 219 cm³/mol. The first kappa shape index (κ1) is 44.0. The molecule has 3 fully saturated rings. The lowest BCUT2D eigenvalue weighted by Gasteiger charge is -2.34. The fourth-order valence-electron chi connectivity index (χ4n) is 7.89. The summed E-state index contributed by atoms with van der Waals surface area (Å²) in [7, 11) is 2.16. The number of nitrogens with zero attached hydrogens (tertiary/aromatic N) is 7. The second-order valence-electron chi connectivity index (χ2n) is 18.6. The largest absolute Gasteiger partial charge is 0.444 e. The second-order valence-corrected chi connectivity index (χ2v) is 18.6. The number of anilines is 2. The number of nitrogens with one attached hydrogen (secondary N) is 1. The van der Waals surface area contributed by atoms with Gasteiger partial charge in [0.25, 0.3) is 12.3 Å². The van der Waals surface area contributed by atoms with Gasteiger partial charge in [0.15, 0.2) is 11.4 Å². The number of hydrogen-bond donors (Lipinski definition) is 1. The zero-order valence-electron chi connectivity index (χ0n) is 35.7. The molecular formula is C43H62F2N8O6. The van der Waals surface area contributed by atoms with E-state index in [1.807, 2.05) is 25.7 Å². The lowest BCUT2D eigenvalue weighted by atomic mass is 9.85. The van der Waals surface area contributed by atoms with E-state index in [2.05, 4.69) is 32.3 Å². The van der Waals surface area contributed by atoms with E-state index in [9.17, 15) is 23.2 Å². The van der Waals surface area contributed by atoms with Crippen LogP contribution in [0.15, 0.2) is 35.2 Å². The first-order valence-electron chi connectivity index (χ1n) is 21.2. The van der Waals surface area contributed by atoms with Crippen LogP contribution in [-0.4, -0.2) is 98.6 Å². The van der Waals surface area contributed by atoms with Crippen molar-refractivity contribution >= 4 is 29.6 Å². The van der Waals surface area contributed by atoms with Gasteiger partial charge in [-0.25, -0.2) is 28.3 Å². The van der Waals surface area contributed by atoms with Crippen LogP contribution in [0.4, 0.5) is 29.9 Å². The van der Waals surface area contributed by atoms with Crippen LogP contribution >= 0.6 is 0 Å². The van der Waals surface area contributed by atoms with Gasteiger partial charge in [0.2, 0.25) is 5.89 Å². The van der Waals surface area contributed by atoms with Crippen LogP contribution in [0.1, 0.15) is 134 Å². The fourth-order valence-corrected chi connectivity index (χ4v) is 7.89. The van der Waals surface area contributed by atoms with Gasteiger partial charge in [-0.15, -0.1) is 0 Å². The number of oxazole rings is 1. The lowest BCUT2D eigenvalue weighted by molar-refractivity contribution is 0.0179. The molecule has 0 aromatic carbocycles. The number of rotatable bonds is 14. The second kappa shape index (κ2) is 18.8. The Bertz CT molecular complexity index is 1880. The molecule has 4 heterocycles. The third-order valence-electron chi connectivity index (χ3n) is 11.2. The van der Waals surface area contributed by atoms with Crippen molar-refractivity contribution in [2.75, 3.05) is 50.0 Å². The number of pyridine rings is 1. The summed E-state index contributed by atoms with van der Waals surface area (Å²) < 4.78 is 46.8. The summed E-state index contributed by atoms with van der Waals surface area (Å²) in [4.78, 5) is 53.3. The molecule has 6 rings (SSSR count). The summed E-state index contributed by atoms with van der Waals surface area (Å²) in [6.45, 7) is 15.0. The maximum Gasteiger partial charge on any atom is 0.416 e. The number of aromatic nitrogens is 4. The maximum absolute atomic E-state index is 14.2. The molecule has 16 heteroatoms. The molecule has 0 spiro atoms. The average Bonchev–Trinajstić information content (AvgIpc) is 3.66. The summed E-state index contributed by atoms with van der Waals surface area (Å²) >= 11 is 0. The van der Waals surface area contributed by atoms with E-state index in [-0.39, 0.29) is 29.4 Å². The number of carbonyl (C=O) groups excluding carboxylic acids is 3. The van der Waals surface area contributed by atoms with E-state index < -0.39 is 35.3 Å². The highest BCUT2D eigenvalue weighted by atomic mass is 19.3. The van der Waals surface area contributed by atoms with Crippen molar-refractivity contribution in [2.24, 2.45) is 17.8 Å². The molecule has 3 aromatic heterocycles. The number of carbonyl (C=O) groups is 3. The highest BCUT2D eigenvalue weighted by Gasteiger charge is 2.33. The third-order valence-corrected chi connectivity index (χ3v) is 11.2. The molecule has 324 valence electrons. The van der Waals surface area contributed by atoms with Crippen molar-refractivity contribution < 1.29 is 37.1 Å². The van der Waals surface area contributed by atoms with Gasteiger partial charge in [0.1, 0.15) is 23.3 Å². The Hall–Kier alpha value is -4.60. The molecule has 0 bridgehead atoms. The zero-order chi connectivity index (χ0) is 42.5. The van der Waals surface area contributed by atoms with Gasteiger partial charge in [0.05, 0.1) is 11.7 Å². The standard InChI is InChI=1S/C43H62F2N8O6/c1-42(2,3)58-40(55)51-21-17-28(18-22-51)9-8-20-50(7)24-29-12-14-32(15-13-29)53-26-33(36(49-53)37(44)45)47-38(54)34-27-57-39(48-34)31-16-19-46-35(23-31)52(25-30-10-11-30)41(56)59-43(4,5)6/h16,19,23,26-30,32,37H,8-15,17-18,20-22,24-25H2,1-7H3,(H,47,54). The minimum absolute atomic E-state index is 0.0500. The molecular weight excluding hydrogens is 763 g/mol. The van der Waals surface area contributed by atoms with Gasteiger partial charge >= 0.3 is 12.2 Å². The summed E-state index contributed by atoms with van der Waals surface area (Å²) in [5.74, 6) is 1.26. The number of halogens is 2. The molecule has 1 saturated heterocycles. The Morgan fingerprint density at radius 1 is 0.932 bits per heavy atom. The summed E-state index contributed by atoms with van der Waals surface area (Å²) in [5.41, 5.74) is -1.34. The van der Waals surface area contributed by atoms with Gasteiger partial charge < -0.3 is 29.0 Å². The van der Waals surface area contributed by atoms with E-state index in [0.29, 0.717) is 35.7 Å². The van der Waals surface area contributed by atoms with Crippen molar-refractivity contribution in [1.82, 2.24) is 29.5 Å². The van der Waals surface area contributed by atoms with Gasteiger partial charge in [-0.05, 0) is 149 Å². The van der Waals surface area contributed by atoms with E-state index in [1.54, 1.807) is 37.6 Å². The van der Waals surface area contributed by atoms with Crippen LogP contribution in [0.5, 0.6) is 0 Å². The Morgan fingerprint density at radius 2 is 1.59 bits per heavy atom. The monoisotopic (exact) mass is 824 g/mol. The molecule has 2 saturated carbocycles. The smallest absolute Gasteiger partial charge is 0.416 e. The molecule has 3 aliphatic rings.